The number of para-hydroxylation sites is 7. The van der Waals surface area contributed by atoms with E-state index in [1.54, 1.807) is 0 Å². The highest BCUT2D eigenvalue weighted by Crippen LogP contribution is 2.54. The summed E-state index contributed by atoms with van der Waals surface area (Å²) in [5.41, 5.74) is 37.5. The number of allylic oxidation sites excluding steroid dienone is 4. The topological polar surface area (TPSA) is 23.9 Å². The van der Waals surface area contributed by atoms with Crippen molar-refractivity contribution in [3.05, 3.63) is 338 Å². The number of aryl methyl sites for hydroxylation is 1. The van der Waals surface area contributed by atoms with Gasteiger partial charge in [0.15, 0.2) is 0 Å². The van der Waals surface area contributed by atoms with E-state index in [1.807, 2.05) is 0 Å². The molecule has 0 spiro atoms. The normalized spacial score (nSPS) is 14.4. The zero-order chi connectivity index (χ0) is 66.5. The van der Waals surface area contributed by atoms with Crippen LogP contribution in [0.3, 0.4) is 0 Å². The van der Waals surface area contributed by atoms with Crippen LogP contribution in [0.25, 0.3) is 38.1 Å². The number of aromatic nitrogens is 1. The first-order valence-electron chi connectivity index (χ1n) is 35.4. The predicted molar refractivity (Wildman–Crippen MR) is 430 cm³/mol. The SMILES string of the molecule is C/C=C\C1=C(C)N(c2ccccc2)c2cccc3c2B1c1c(ccc2c1c1cc4c(c5c6cc7c(cc6n2c15)B1c2ccccc2N(c2ccccc2)c2cccc(c21)N7c1ccccc1)N(c1ccccc1)c1cccc2c1B4c1cc(C)ccc1N2c1ccccc1)N3c1ccccc1. The molecule has 0 fully saturated rings. The number of benzene rings is 14. The Bertz CT molecular complexity index is 6240. The molecule has 101 heavy (non-hydrogen) atoms. The van der Waals surface area contributed by atoms with Gasteiger partial charge in [0, 0.05) is 118 Å². The molecule has 0 unspecified atom stereocenters. The first-order valence-corrected chi connectivity index (χ1v) is 35.4. The Morgan fingerprint density at radius 2 is 0.683 bits per heavy atom. The van der Waals surface area contributed by atoms with Crippen molar-refractivity contribution < 1.29 is 0 Å². The Hall–Kier alpha value is -12.6. The number of hydrogen-bond acceptors (Lipinski definition) is 6. The summed E-state index contributed by atoms with van der Waals surface area (Å²) in [6, 6.07) is 117. The maximum Gasteiger partial charge on any atom is 0.252 e. The highest BCUT2D eigenvalue weighted by Gasteiger charge is 2.50. The highest BCUT2D eigenvalue weighted by molar-refractivity contribution is 7.02. The summed E-state index contributed by atoms with van der Waals surface area (Å²) >= 11 is 0. The van der Waals surface area contributed by atoms with Crippen LogP contribution in [0.4, 0.5) is 96.7 Å². The number of rotatable bonds is 7. The van der Waals surface area contributed by atoms with Crippen LogP contribution >= 0.6 is 0 Å². The van der Waals surface area contributed by atoms with Gasteiger partial charge in [-0.25, -0.2) is 0 Å². The molecule has 2 aromatic heterocycles. The van der Waals surface area contributed by atoms with Crippen LogP contribution in [0.15, 0.2) is 333 Å². The summed E-state index contributed by atoms with van der Waals surface area (Å²) < 4.78 is 2.72. The van der Waals surface area contributed by atoms with Crippen LogP contribution in [-0.4, -0.2) is 24.5 Å². The molecule has 6 aliphatic rings. The smallest absolute Gasteiger partial charge is 0.252 e. The van der Waals surface area contributed by atoms with Crippen LogP contribution in [-0.2, 0) is 0 Å². The van der Waals surface area contributed by atoms with E-state index < -0.39 is 0 Å². The Balaban J connectivity index is 0.936. The van der Waals surface area contributed by atoms with Crippen molar-refractivity contribution in [3.8, 4) is 0 Å². The summed E-state index contributed by atoms with van der Waals surface area (Å²) in [7, 11) is 0. The van der Waals surface area contributed by atoms with Gasteiger partial charge in [-0.3, -0.25) is 0 Å². The van der Waals surface area contributed by atoms with Gasteiger partial charge in [0.1, 0.15) is 0 Å². The van der Waals surface area contributed by atoms with Crippen LogP contribution in [0.1, 0.15) is 19.4 Å². The van der Waals surface area contributed by atoms with Crippen molar-refractivity contribution >= 4 is 199 Å². The molecule has 14 aromatic carbocycles. The third kappa shape index (κ3) is 7.60. The number of fused-ring (bicyclic) bond motifs is 18. The molecule has 6 aliphatic heterocycles. The lowest BCUT2D eigenvalue weighted by molar-refractivity contribution is 1.14. The second-order valence-electron chi connectivity index (χ2n) is 27.9. The van der Waals surface area contributed by atoms with E-state index in [4.69, 9.17) is 0 Å². The fourth-order valence-electron chi connectivity index (χ4n) is 19.0. The summed E-state index contributed by atoms with van der Waals surface area (Å²) in [4.78, 5) is 15.3. The standard InChI is InChI=1S/C91H62B3N7/c1-4-28-67-58(3)95(59-29-11-5-12-30-59)75-43-25-47-79-88(75)94(67)89-81(98(79)62-35-17-8-18-36-62)52-51-74-84(89)66-54-71-91(100(64-39-21-10-22-40-64)80-48-27-45-77-87(80)93(71)69-53-57(2)49-50-73(69)97(77)61-33-15-7-16-34-61)85-65-55-83-70(56-82(65)101(74)90(66)85)92-68-41-23-24-42-72(68)96(60-31-13-6-14-32-60)76-44-26-46-78(86(76)92)99(83)63-37-19-9-20-38-63/h4-56H,1-3H3/b28-4-. The van der Waals surface area contributed by atoms with E-state index in [-0.39, 0.29) is 20.1 Å². The Morgan fingerprint density at radius 1 is 0.277 bits per heavy atom. The van der Waals surface area contributed by atoms with E-state index >= 15 is 0 Å². The molecule has 0 atom stereocenters. The van der Waals surface area contributed by atoms with Crippen LogP contribution < -0.4 is 73.1 Å². The molecule has 8 heterocycles. The Morgan fingerprint density at radius 3 is 1.23 bits per heavy atom. The number of anilines is 17. The van der Waals surface area contributed by atoms with Gasteiger partial charge in [0.05, 0.1) is 22.2 Å². The fourth-order valence-corrected chi connectivity index (χ4v) is 19.0. The first kappa shape index (κ1) is 56.4. The second-order valence-corrected chi connectivity index (χ2v) is 27.9. The average molecular weight is 1290 g/mol. The van der Waals surface area contributed by atoms with E-state index in [9.17, 15) is 0 Å². The summed E-state index contributed by atoms with van der Waals surface area (Å²) in [6.45, 7) is 6.39. The van der Waals surface area contributed by atoms with E-state index in [2.05, 4.69) is 376 Å². The molecule has 10 heteroatoms. The van der Waals surface area contributed by atoms with E-state index in [1.165, 1.54) is 161 Å². The van der Waals surface area contributed by atoms with Crippen LogP contribution in [0.5, 0.6) is 0 Å². The summed E-state index contributed by atoms with van der Waals surface area (Å²) in [5.74, 6) is 0. The Kier molecular flexibility index (Phi) is 11.8. The van der Waals surface area contributed by atoms with Crippen LogP contribution in [0.2, 0.25) is 0 Å². The van der Waals surface area contributed by atoms with Gasteiger partial charge in [-0.15, -0.1) is 0 Å². The minimum absolute atomic E-state index is 0.110. The number of nitrogens with zero attached hydrogens (tertiary/aromatic N) is 7. The quantitative estimate of drug-likeness (QED) is 0.147. The van der Waals surface area contributed by atoms with Crippen molar-refractivity contribution in [2.45, 2.75) is 20.8 Å². The third-order valence-corrected chi connectivity index (χ3v) is 22.7. The molecular weight excluding hydrogens is 1220 g/mol. The van der Waals surface area contributed by atoms with Crippen molar-refractivity contribution in [1.29, 1.82) is 0 Å². The lowest BCUT2D eigenvalue weighted by Gasteiger charge is -2.45. The molecule has 0 saturated heterocycles. The molecule has 0 saturated carbocycles. The van der Waals surface area contributed by atoms with Gasteiger partial charge in [-0.1, -0.05) is 182 Å². The Labute approximate surface area is 587 Å². The molecule has 16 aromatic rings. The average Bonchev–Trinajstić information content (AvgIpc) is 1.54. The van der Waals surface area contributed by atoms with Gasteiger partial charge in [-0.2, -0.15) is 0 Å². The maximum atomic E-state index is 2.72. The molecule has 0 radical (unpaired) electrons. The molecule has 470 valence electrons. The van der Waals surface area contributed by atoms with Gasteiger partial charge in [0.2, 0.25) is 0 Å². The van der Waals surface area contributed by atoms with Crippen molar-refractivity contribution in [2.24, 2.45) is 0 Å². The fraction of sp³-hybridized carbons (Fsp3) is 0.0330. The molecule has 7 nitrogen and oxygen atoms in total. The highest BCUT2D eigenvalue weighted by atomic mass is 15.2. The predicted octanol–water partition coefficient (Wildman–Crippen LogP) is 18.2. The molecule has 0 bridgehead atoms. The van der Waals surface area contributed by atoms with E-state index in [0.29, 0.717) is 0 Å². The molecule has 0 N–H and O–H groups in total. The van der Waals surface area contributed by atoms with Crippen molar-refractivity contribution in [3.63, 3.8) is 0 Å². The molecular formula is C91H62B3N7. The van der Waals surface area contributed by atoms with Crippen LogP contribution in [0, 0.1) is 6.92 Å². The van der Waals surface area contributed by atoms with Crippen molar-refractivity contribution in [1.82, 2.24) is 4.40 Å². The number of hydrogen-bond donors (Lipinski definition) is 0. The minimum Gasteiger partial charge on any atom is -0.315 e. The third-order valence-electron chi connectivity index (χ3n) is 22.7. The molecule has 22 rings (SSSR count). The minimum atomic E-state index is -0.160. The molecule has 0 aliphatic carbocycles. The maximum absolute atomic E-state index is 2.72. The van der Waals surface area contributed by atoms with Gasteiger partial charge < -0.3 is 33.8 Å². The lowest BCUT2D eigenvalue weighted by atomic mass is 9.32. The first-order chi connectivity index (χ1) is 50.0. The summed E-state index contributed by atoms with van der Waals surface area (Å²) in [5, 5.41) is 4.97. The van der Waals surface area contributed by atoms with E-state index in [0.717, 1.165) is 34.1 Å². The second kappa shape index (κ2) is 21.2. The molecule has 0 amide bonds. The van der Waals surface area contributed by atoms with Gasteiger partial charge in [-0.05, 0) is 216 Å². The zero-order valence-electron chi connectivity index (χ0n) is 56.0. The lowest BCUT2D eigenvalue weighted by Crippen LogP contribution is -2.61. The van der Waals surface area contributed by atoms with Gasteiger partial charge >= 0.3 is 0 Å². The summed E-state index contributed by atoms with van der Waals surface area (Å²) in [6.07, 6.45) is 4.68. The van der Waals surface area contributed by atoms with Crippen molar-refractivity contribution in [2.75, 3.05) is 29.4 Å². The monoisotopic (exact) mass is 1290 g/mol. The van der Waals surface area contributed by atoms with Gasteiger partial charge in [0.25, 0.3) is 20.1 Å². The largest absolute Gasteiger partial charge is 0.315 e. The zero-order valence-corrected chi connectivity index (χ0v) is 56.0.